The van der Waals surface area contributed by atoms with E-state index in [2.05, 4.69) is 45.4 Å². The van der Waals surface area contributed by atoms with Gasteiger partial charge in [-0.25, -0.2) is 15.0 Å². The monoisotopic (exact) mass is 475 g/mol. The van der Waals surface area contributed by atoms with Gasteiger partial charge < -0.3 is 30.8 Å². The molecule has 3 heterocycles. The average molecular weight is 476 g/mol. The van der Waals surface area contributed by atoms with E-state index in [0.29, 0.717) is 36.4 Å². The van der Waals surface area contributed by atoms with Gasteiger partial charge in [-0.15, -0.1) is 0 Å². The highest BCUT2D eigenvalue weighted by molar-refractivity contribution is 5.86. The van der Waals surface area contributed by atoms with Gasteiger partial charge in [0, 0.05) is 31.1 Å². The number of fused-ring (bicyclic) bond motifs is 2. The second kappa shape index (κ2) is 8.89. The van der Waals surface area contributed by atoms with Crippen LogP contribution in [-0.2, 0) is 6.42 Å². The lowest BCUT2D eigenvalue weighted by atomic mass is 9.77. The van der Waals surface area contributed by atoms with E-state index in [0.717, 1.165) is 47.9 Å². The third-order valence-corrected chi connectivity index (χ3v) is 8.05. The van der Waals surface area contributed by atoms with Crippen molar-refractivity contribution in [3.8, 4) is 0 Å². The van der Waals surface area contributed by atoms with Gasteiger partial charge in [0.25, 0.3) is 0 Å². The molecular weight excluding hydrogens is 442 g/mol. The summed E-state index contributed by atoms with van der Waals surface area (Å²) in [6.45, 7) is 2.80. The Labute approximate surface area is 203 Å². The second-order valence-electron chi connectivity index (χ2n) is 10.4. The molecule has 2 aliphatic rings. The molecule has 0 bridgehead atoms. The van der Waals surface area contributed by atoms with Crippen LogP contribution in [0.15, 0.2) is 36.8 Å². The molecule has 2 fully saturated rings. The van der Waals surface area contributed by atoms with Gasteiger partial charge in [-0.2, -0.15) is 0 Å². The Morgan fingerprint density at radius 1 is 1.14 bits per heavy atom. The highest BCUT2D eigenvalue weighted by atomic mass is 16.3. The molecule has 9 nitrogen and oxygen atoms in total. The fraction of sp³-hybridized carbons (Fsp3) is 0.500. The molecule has 4 atom stereocenters. The largest absolute Gasteiger partial charge is 0.390 e. The molecule has 2 saturated carbocycles. The summed E-state index contributed by atoms with van der Waals surface area (Å²) >= 11 is 0. The number of rotatable bonds is 7. The third kappa shape index (κ3) is 4.17. The summed E-state index contributed by atoms with van der Waals surface area (Å²) in [4.78, 5) is 16.6. The van der Waals surface area contributed by atoms with E-state index in [1.807, 2.05) is 16.8 Å². The van der Waals surface area contributed by atoms with Crippen LogP contribution in [0.4, 0.5) is 5.82 Å². The van der Waals surface area contributed by atoms with E-state index in [1.54, 1.807) is 0 Å². The molecule has 0 saturated heterocycles. The number of aromatic amines is 1. The molecular formula is C26H33N7O2. The summed E-state index contributed by atoms with van der Waals surface area (Å²) < 4.78 is 1.93. The highest BCUT2D eigenvalue weighted by Gasteiger charge is 2.43. The Balaban J connectivity index is 0.991. The first-order valence-corrected chi connectivity index (χ1v) is 12.6. The van der Waals surface area contributed by atoms with Crippen LogP contribution in [0.1, 0.15) is 43.1 Å². The number of aryl methyl sites for hydroxylation is 2. The van der Waals surface area contributed by atoms with E-state index in [-0.39, 0.29) is 12.0 Å². The number of aliphatic hydroxyl groups excluding tert-OH is 2. The van der Waals surface area contributed by atoms with Crippen molar-refractivity contribution in [2.45, 2.75) is 63.3 Å². The summed E-state index contributed by atoms with van der Waals surface area (Å²) in [7, 11) is 0. The molecule has 4 aromatic rings. The first-order chi connectivity index (χ1) is 17.0. The van der Waals surface area contributed by atoms with E-state index >= 15 is 0 Å². The molecule has 1 aromatic carbocycles. The minimum absolute atomic E-state index is 0.00955. The number of imidazole rings is 1. The molecule has 0 radical (unpaired) electrons. The van der Waals surface area contributed by atoms with Crippen molar-refractivity contribution in [1.29, 1.82) is 0 Å². The SMILES string of the molecule is Cc1ccc2nc(CCC3CC(NCC4CC(n5ccc6c(N)ncnc65)C(O)C4O)C3)[nH]c2c1. The smallest absolute Gasteiger partial charge is 0.145 e. The van der Waals surface area contributed by atoms with Crippen LogP contribution in [0.2, 0.25) is 0 Å². The lowest BCUT2D eigenvalue weighted by molar-refractivity contribution is 0.00565. The number of aliphatic hydroxyl groups is 2. The number of nitrogens with zero attached hydrogens (tertiary/aromatic N) is 4. The molecule has 0 aliphatic heterocycles. The van der Waals surface area contributed by atoms with Crippen molar-refractivity contribution in [2.24, 2.45) is 11.8 Å². The van der Waals surface area contributed by atoms with Gasteiger partial charge in [-0.1, -0.05) is 6.07 Å². The van der Waals surface area contributed by atoms with Gasteiger partial charge in [0.05, 0.1) is 28.6 Å². The summed E-state index contributed by atoms with van der Waals surface area (Å²) in [6.07, 6.45) is 6.80. The topological polar surface area (TPSA) is 138 Å². The van der Waals surface area contributed by atoms with Crippen LogP contribution >= 0.6 is 0 Å². The zero-order valence-electron chi connectivity index (χ0n) is 19.9. The van der Waals surface area contributed by atoms with Crippen LogP contribution < -0.4 is 11.1 Å². The first kappa shape index (κ1) is 22.5. The quantitative estimate of drug-likeness (QED) is 0.277. The molecule has 6 rings (SSSR count). The number of hydrogen-bond donors (Lipinski definition) is 5. The number of nitrogen functional groups attached to an aromatic ring is 1. The number of H-pyrrole nitrogens is 1. The van der Waals surface area contributed by atoms with E-state index in [1.165, 1.54) is 11.9 Å². The zero-order chi connectivity index (χ0) is 24.1. The van der Waals surface area contributed by atoms with Crippen molar-refractivity contribution < 1.29 is 10.2 Å². The predicted octanol–water partition coefficient (Wildman–Crippen LogP) is 2.48. The number of benzene rings is 1. The van der Waals surface area contributed by atoms with Crippen molar-refractivity contribution in [3.05, 3.63) is 48.2 Å². The predicted molar refractivity (Wildman–Crippen MR) is 135 cm³/mol. The highest BCUT2D eigenvalue weighted by Crippen LogP contribution is 2.38. The molecule has 184 valence electrons. The van der Waals surface area contributed by atoms with Crippen LogP contribution in [0, 0.1) is 18.8 Å². The molecule has 0 amide bonds. The Morgan fingerprint density at radius 2 is 2.00 bits per heavy atom. The molecule has 4 unspecified atom stereocenters. The molecule has 9 heteroatoms. The lowest BCUT2D eigenvalue weighted by Gasteiger charge is -2.37. The molecule has 6 N–H and O–H groups in total. The number of aromatic nitrogens is 5. The summed E-state index contributed by atoms with van der Waals surface area (Å²) in [5.74, 6) is 2.19. The Bertz CT molecular complexity index is 1340. The summed E-state index contributed by atoms with van der Waals surface area (Å²) in [6, 6.07) is 8.44. The lowest BCUT2D eigenvalue weighted by Crippen LogP contribution is -2.44. The molecule has 2 aliphatic carbocycles. The fourth-order valence-corrected chi connectivity index (χ4v) is 5.93. The van der Waals surface area contributed by atoms with Crippen molar-refractivity contribution in [2.75, 3.05) is 12.3 Å². The van der Waals surface area contributed by atoms with Crippen LogP contribution in [0.25, 0.3) is 22.1 Å². The Kier molecular flexibility index (Phi) is 5.70. The standard InChI is InChI=1S/C26H33N7O2/c1-14-2-4-19-20(8-14)32-22(31-19)5-3-15-9-17(10-15)28-12-16-11-21(24(35)23(16)34)33-7-6-18-25(27)29-13-30-26(18)33/h2,4,6-8,13,15-17,21,23-24,28,34-35H,3,5,9-12H2,1H3,(H,31,32)(H2,27,29,30). The zero-order valence-corrected chi connectivity index (χ0v) is 19.9. The number of anilines is 1. The van der Waals surface area contributed by atoms with Gasteiger partial charge in [0.1, 0.15) is 29.7 Å². The van der Waals surface area contributed by atoms with Crippen molar-refractivity contribution >= 4 is 27.9 Å². The van der Waals surface area contributed by atoms with Gasteiger partial charge in [-0.05, 0) is 62.3 Å². The van der Waals surface area contributed by atoms with Crippen molar-refractivity contribution in [3.63, 3.8) is 0 Å². The molecule has 0 spiro atoms. The van der Waals surface area contributed by atoms with Crippen LogP contribution in [0.3, 0.4) is 0 Å². The minimum Gasteiger partial charge on any atom is -0.390 e. The van der Waals surface area contributed by atoms with Gasteiger partial charge in [0.15, 0.2) is 0 Å². The average Bonchev–Trinajstić information content (AvgIpc) is 3.49. The summed E-state index contributed by atoms with van der Waals surface area (Å²) in [5.41, 5.74) is 10.1. The second-order valence-corrected chi connectivity index (χ2v) is 10.4. The number of nitrogens with two attached hydrogens (primary N) is 1. The molecule has 35 heavy (non-hydrogen) atoms. The third-order valence-electron chi connectivity index (χ3n) is 8.05. The van der Waals surface area contributed by atoms with E-state index < -0.39 is 12.2 Å². The maximum absolute atomic E-state index is 10.8. The Hall–Kier alpha value is -3.01. The Morgan fingerprint density at radius 3 is 2.86 bits per heavy atom. The number of nitrogens with one attached hydrogen (secondary N) is 2. The normalized spacial score (nSPS) is 28.7. The van der Waals surface area contributed by atoms with Gasteiger partial charge in [-0.3, -0.25) is 0 Å². The van der Waals surface area contributed by atoms with Gasteiger partial charge >= 0.3 is 0 Å². The maximum atomic E-state index is 10.8. The van der Waals surface area contributed by atoms with Crippen LogP contribution in [0.5, 0.6) is 0 Å². The van der Waals surface area contributed by atoms with E-state index in [4.69, 9.17) is 10.7 Å². The van der Waals surface area contributed by atoms with Crippen molar-refractivity contribution in [1.82, 2.24) is 29.8 Å². The number of hydrogen-bond acceptors (Lipinski definition) is 7. The maximum Gasteiger partial charge on any atom is 0.145 e. The fourth-order valence-electron chi connectivity index (χ4n) is 5.93. The van der Waals surface area contributed by atoms with Gasteiger partial charge in [0.2, 0.25) is 0 Å². The molecule has 3 aromatic heterocycles. The summed E-state index contributed by atoms with van der Waals surface area (Å²) in [5, 5.41) is 25.9. The minimum atomic E-state index is -0.838. The van der Waals surface area contributed by atoms with Crippen LogP contribution in [-0.4, -0.2) is 59.5 Å². The first-order valence-electron chi connectivity index (χ1n) is 12.6. The van der Waals surface area contributed by atoms with E-state index in [9.17, 15) is 10.2 Å².